The van der Waals surface area contributed by atoms with Gasteiger partial charge in [-0.05, 0) is 113 Å². The summed E-state index contributed by atoms with van der Waals surface area (Å²) in [4.78, 5) is 10.2. The smallest absolute Gasteiger partial charge is 0.160 e. The predicted octanol–water partition coefficient (Wildman–Crippen LogP) is 16.5. The highest BCUT2D eigenvalue weighted by molar-refractivity contribution is 6.12. The Kier molecular flexibility index (Phi) is 9.61. The number of hydrogen-bond donors (Lipinski definition) is 0. The first-order chi connectivity index (χ1) is 33.7. The van der Waals surface area contributed by atoms with Gasteiger partial charge in [0.15, 0.2) is 5.82 Å². The van der Waals surface area contributed by atoms with Gasteiger partial charge < -0.3 is 9.13 Å². The van der Waals surface area contributed by atoms with E-state index in [1.165, 1.54) is 82.7 Å². The maximum atomic E-state index is 5.18. The van der Waals surface area contributed by atoms with E-state index < -0.39 is 0 Å². The van der Waals surface area contributed by atoms with Gasteiger partial charge in [-0.3, -0.25) is 0 Å². The Labute approximate surface area is 395 Å². The van der Waals surface area contributed by atoms with E-state index in [-0.39, 0.29) is 5.92 Å². The van der Waals surface area contributed by atoms with Crippen molar-refractivity contribution >= 4 is 49.2 Å². The molecule has 1 atom stereocenters. The van der Waals surface area contributed by atoms with Crippen molar-refractivity contribution in [1.82, 2.24) is 19.1 Å². The van der Waals surface area contributed by atoms with Crippen LogP contribution in [-0.4, -0.2) is 19.1 Å². The van der Waals surface area contributed by atoms with E-state index >= 15 is 0 Å². The van der Waals surface area contributed by atoms with Crippen molar-refractivity contribution in [1.29, 1.82) is 0 Å². The molecule has 0 saturated heterocycles. The van der Waals surface area contributed by atoms with Crippen LogP contribution in [0.4, 0.5) is 0 Å². The van der Waals surface area contributed by atoms with Crippen LogP contribution in [0, 0.1) is 0 Å². The van der Waals surface area contributed by atoms with Gasteiger partial charge in [-0.25, -0.2) is 9.97 Å². The van der Waals surface area contributed by atoms with E-state index in [9.17, 15) is 0 Å². The van der Waals surface area contributed by atoms with Gasteiger partial charge in [-0.1, -0.05) is 176 Å². The molecular formula is C64H44N4. The van der Waals surface area contributed by atoms with Gasteiger partial charge in [0.25, 0.3) is 0 Å². The molecule has 13 rings (SSSR count). The third kappa shape index (κ3) is 6.94. The van der Waals surface area contributed by atoms with Crippen LogP contribution in [-0.2, 0) is 0 Å². The fourth-order valence-corrected chi connectivity index (χ4v) is 10.4. The van der Waals surface area contributed by atoms with Crippen molar-refractivity contribution in [3.05, 3.63) is 260 Å². The first-order valence-electron chi connectivity index (χ1n) is 23.4. The molecule has 0 saturated carbocycles. The first-order valence-corrected chi connectivity index (χ1v) is 23.4. The summed E-state index contributed by atoms with van der Waals surface area (Å²) in [6.45, 7) is 0. The number of allylic oxidation sites excluding steroid dienone is 4. The molecule has 3 aromatic heterocycles. The van der Waals surface area contributed by atoms with E-state index in [0.717, 1.165) is 40.4 Å². The van der Waals surface area contributed by atoms with E-state index in [2.05, 4.69) is 234 Å². The molecule has 9 aromatic carbocycles. The Morgan fingerprint density at radius 3 is 1.53 bits per heavy atom. The quantitative estimate of drug-likeness (QED) is 0.153. The van der Waals surface area contributed by atoms with Crippen LogP contribution >= 0.6 is 0 Å². The van der Waals surface area contributed by atoms with E-state index in [1.54, 1.807) is 0 Å². The van der Waals surface area contributed by atoms with Gasteiger partial charge in [0.05, 0.1) is 33.5 Å². The second-order valence-electron chi connectivity index (χ2n) is 17.8. The lowest BCUT2D eigenvalue weighted by atomic mass is 9.86. The molecule has 12 aromatic rings. The number of rotatable bonds is 8. The summed E-state index contributed by atoms with van der Waals surface area (Å²) in [6, 6.07) is 83.0. The Bertz CT molecular complexity index is 3870. The normalized spacial score (nSPS) is 13.7. The fraction of sp³-hybridized carbons (Fsp3) is 0.0312. The standard InChI is InChI=1S/C64H44N4/c1-4-17-43(18-5-1)58-42-59(66-64(65-58)44-19-6-2-7-20-44)51-25-15-23-47(38-51)45-21-14-22-46(37-45)48-24-16-28-53(39-48)68-61-32-13-11-30-55(61)57-41-50(34-36-63(57)68)49-33-35-62-56(40-49)54-29-10-12-31-60(54)67(62)52-26-8-3-9-27-52/h1-37,39-42,51H,38H2. The molecule has 320 valence electrons. The van der Waals surface area contributed by atoms with Gasteiger partial charge in [-0.15, -0.1) is 0 Å². The molecule has 4 nitrogen and oxygen atoms in total. The lowest BCUT2D eigenvalue weighted by Gasteiger charge is -2.20. The van der Waals surface area contributed by atoms with Crippen LogP contribution in [0.25, 0.3) is 105 Å². The van der Waals surface area contributed by atoms with Crippen molar-refractivity contribution in [3.63, 3.8) is 0 Å². The minimum absolute atomic E-state index is 0.107. The van der Waals surface area contributed by atoms with Crippen LogP contribution in [0.3, 0.4) is 0 Å². The molecule has 0 aliphatic heterocycles. The zero-order valence-electron chi connectivity index (χ0n) is 37.2. The van der Waals surface area contributed by atoms with Crippen molar-refractivity contribution in [2.45, 2.75) is 12.3 Å². The number of para-hydroxylation sites is 3. The second-order valence-corrected chi connectivity index (χ2v) is 17.8. The van der Waals surface area contributed by atoms with Gasteiger partial charge in [-0.2, -0.15) is 0 Å². The average Bonchev–Trinajstić information content (AvgIpc) is 3.94. The Balaban J connectivity index is 0.834. The highest BCUT2D eigenvalue weighted by Crippen LogP contribution is 2.40. The lowest BCUT2D eigenvalue weighted by molar-refractivity contribution is 0.822. The molecule has 4 heteroatoms. The molecule has 0 fully saturated rings. The number of nitrogens with zero attached hydrogens (tertiary/aromatic N) is 4. The fourth-order valence-electron chi connectivity index (χ4n) is 10.4. The third-order valence-electron chi connectivity index (χ3n) is 13.7. The Hall–Kier alpha value is -8.86. The summed E-state index contributed by atoms with van der Waals surface area (Å²) in [7, 11) is 0. The number of aromatic nitrogens is 4. The highest BCUT2D eigenvalue weighted by Gasteiger charge is 2.21. The summed E-state index contributed by atoms with van der Waals surface area (Å²) >= 11 is 0. The molecule has 1 aliphatic carbocycles. The molecule has 0 N–H and O–H groups in total. The van der Waals surface area contributed by atoms with Crippen molar-refractivity contribution in [3.8, 4) is 56.3 Å². The Morgan fingerprint density at radius 1 is 0.353 bits per heavy atom. The molecule has 0 bridgehead atoms. The molecule has 0 radical (unpaired) electrons. The number of benzene rings is 9. The third-order valence-corrected chi connectivity index (χ3v) is 13.7. The van der Waals surface area contributed by atoms with E-state index in [1.807, 2.05) is 24.3 Å². The maximum Gasteiger partial charge on any atom is 0.160 e. The molecule has 3 heterocycles. The van der Waals surface area contributed by atoms with Crippen LogP contribution in [0.1, 0.15) is 23.6 Å². The van der Waals surface area contributed by atoms with Crippen LogP contribution < -0.4 is 0 Å². The summed E-state index contributed by atoms with van der Waals surface area (Å²) in [5.74, 6) is 0.855. The molecule has 0 amide bonds. The van der Waals surface area contributed by atoms with E-state index in [0.29, 0.717) is 0 Å². The summed E-state index contributed by atoms with van der Waals surface area (Å²) in [5, 5.41) is 4.98. The summed E-state index contributed by atoms with van der Waals surface area (Å²) in [6.07, 6.45) is 7.58. The number of fused-ring (bicyclic) bond motifs is 6. The lowest BCUT2D eigenvalue weighted by Crippen LogP contribution is -2.06. The molecule has 0 spiro atoms. The van der Waals surface area contributed by atoms with Crippen LogP contribution in [0.2, 0.25) is 0 Å². The van der Waals surface area contributed by atoms with Gasteiger partial charge in [0.1, 0.15) is 0 Å². The molecule has 1 aliphatic rings. The SMILES string of the molecule is C1=CC(c2cc(-c3ccccc3)nc(-c3ccccc3)n2)CC(c2cccc(-c3cccc(-n4c5ccccc5c5cc(-c6ccc7c(c6)c6ccccc6n7-c6ccccc6)ccc54)c3)c2)=C1. The minimum atomic E-state index is 0.107. The zero-order chi connectivity index (χ0) is 45.0. The van der Waals surface area contributed by atoms with Crippen molar-refractivity contribution < 1.29 is 0 Å². The maximum absolute atomic E-state index is 5.18. The van der Waals surface area contributed by atoms with Crippen LogP contribution in [0.15, 0.2) is 249 Å². The van der Waals surface area contributed by atoms with Gasteiger partial charge >= 0.3 is 0 Å². The largest absolute Gasteiger partial charge is 0.309 e. The van der Waals surface area contributed by atoms with Crippen molar-refractivity contribution in [2.75, 3.05) is 0 Å². The van der Waals surface area contributed by atoms with Crippen molar-refractivity contribution in [2.24, 2.45) is 0 Å². The summed E-state index contributed by atoms with van der Waals surface area (Å²) < 4.78 is 4.80. The second kappa shape index (κ2) is 16.5. The van der Waals surface area contributed by atoms with E-state index in [4.69, 9.17) is 9.97 Å². The van der Waals surface area contributed by atoms with Gasteiger partial charge in [0, 0.05) is 50.0 Å². The van der Waals surface area contributed by atoms with Gasteiger partial charge in [0.2, 0.25) is 0 Å². The Morgan fingerprint density at radius 2 is 0.853 bits per heavy atom. The minimum Gasteiger partial charge on any atom is -0.309 e. The molecule has 68 heavy (non-hydrogen) atoms. The highest BCUT2D eigenvalue weighted by atomic mass is 15.0. The topological polar surface area (TPSA) is 35.6 Å². The first kappa shape index (κ1) is 39.5. The predicted molar refractivity (Wildman–Crippen MR) is 283 cm³/mol. The summed E-state index contributed by atoms with van der Waals surface area (Å²) in [5.41, 5.74) is 18.4. The number of hydrogen-bond acceptors (Lipinski definition) is 2. The molecular weight excluding hydrogens is 825 g/mol. The monoisotopic (exact) mass is 868 g/mol. The zero-order valence-corrected chi connectivity index (χ0v) is 37.2. The average molecular weight is 869 g/mol. The van der Waals surface area contributed by atoms with Crippen LogP contribution in [0.5, 0.6) is 0 Å². The molecule has 1 unspecified atom stereocenters.